The summed E-state index contributed by atoms with van der Waals surface area (Å²) in [7, 11) is 0. The number of carbonyl (C=O) groups excluding carboxylic acids is 1. The Hall–Kier alpha value is -3.19. The first-order chi connectivity index (χ1) is 13.1. The Morgan fingerprint density at radius 3 is 2.67 bits per heavy atom. The van der Waals surface area contributed by atoms with Crippen LogP contribution in [-0.2, 0) is 25.7 Å². The van der Waals surface area contributed by atoms with Crippen molar-refractivity contribution in [2.24, 2.45) is 0 Å². The van der Waals surface area contributed by atoms with Crippen LogP contribution in [0.2, 0.25) is 0 Å². The van der Waals surface area contributed by atoms with E-state index in [1.165, 1.54) is 0 Å². The maximum atomic E-state index is 12.4. The monoisotopic (exact) mass is 368 g/mol. The van der Waals surface area contributed by atoms with E-state index < -0.39 is 24.0 Å². The zero-order valence-corrected chi connectivity index (χ0v) is 14.6. The third-order valence-corrected chi connectivity index (χ3v) is 4.05. The van der Waals surface area contributed by atoms with Crippen LogP contribution in [0.4, 0.5) is 0 Å². The second-order valence-electron chi connectivity index (χ2n) is 6.05. The van der Waals surface area contributed by atoms with E-state index in [1.54, 1.807) is 30.6 Å². The van der Waals surface area contributed by atoms with Gasteiger partial charge in [0.1, 0.15) is 5.76 Å². The Morgan fingerprint density at radius 2 is 1.96 bits per heavy atom. The lowest BCUT2D eigenvalue weighted by atomic mass is 10.2. The number of aliphatic carboxylic acids is 1. The van der Waals surface area contributed by atoms with Gasteiger partial charge in [-0.25, -0.2) is 4.79 Å². The number of nitrogens with zero attached hydrogens (tertiary/aromatic N) is 1. The molecule has 0 bridgehead atoms. The fourth-order valence-electron chi connectivity index (χ4n) is 2.63. The van der Waals surface area contributed by atoms with Crippen molar-refractivity contribution in [3.05, 3.63) is 72.1 Å². The number of carboxylic acids is 1. The minimum atomic E-state index is -1.16. The minimum Gasteiger partial charge on any atom is -0.480 e. The number of rotatable bonds is 8. The number of benzene rings is 1. The molecule has 27 heavy (non-hydrogen) atoms. The Balaban J connectivity index is 1.50. The lowest BCUT2D eigenvalue weighted by Crippen LogP contribution is -2.47. The lowest BCUT2D eigenvalue weighted by Gasteiger charge is -2.18. The fourth-order valence-corrected chi connectivity index (χ4v) is 2.63. The average Bonchev–Trinajstić information content (AvgIpc) is 3.19. The van der Waals surface area contributed by atoms with Crippen LogP contribution < -0.4 is 5.32 Å². The van der Waals surface area contributed by atoms with Crippen LogP contribution in [0.1, 0.15) is 17.5 Å². The molecule has 1 unspecified atom stereocenters. The van der Waals surface area contributed by atoms with E-state index in [-0.39, 0.29) is 13.2 Å². The van der Waals surface area contributed by atoms with Gasteiger partial charge < -0.3 is 19.9 Å². The summed E-state index contributed by atoms with van der Waals surface area (Å²) in [6.07, 6.45) is 4.70. The molecule has 3 rings (SSSR count). The highest BCUT2D eigenvalue weighted by atomic mass is 16.5. The van der Waals surface area contributed by atoms with Crippen molar-refractivity contribution >= 4 is 17.6 Å². The van der Waals surface area contributed by atoms with Crippen molar-refractivity contribution in [1.82, 2.24) is 10.3 Å². The first kappa shape index (κ1) is 18.6. The van der Waals surface area contributed by atoms with Gasteiger partial charge in [0.05, 0.1) is 13.2 Å². The minimum absolute atomic E-state index is 0.132. The molecular weight excluding hydrogens is 348 g/mol. The van der Waals surface area contributed by atoms with E-state index >= 15 is 0 Å². The summed E-state index contributed by atoms with van der Waals surface area (Å²) in [6, 6.07) is 11.8. The lowest BCUT2D eigenvalue weighted by molar-refractivity contribution is -0.145. The van der Waals surface area contributed by atoms with Gasteiger partial charge in [0.2, 0.25) is 0 Å². The Morgan fingerprint density at radius 1 is 1.22 bits per heavy atom. The molecule has 2 atom stereocenters. The van der Waals surface area contributed by atoms with E-state index in [1.807, 2.05) is 30.3 Å². The molecule has 1 amide bonds. The molecule has 2 N–H and O–H groups in total. The predicted octanol–water partition coefficient (Wildman–Crippen LogP) is 2.00. The first-order valence-corrected chi connectivity index (χ1v) is 8.55. The van der Waals surface area contributed by atoms with Gasteiger partial charge in [-0.15, -0.1) is 0 Å². The molecule has 1 aromatic carbocycles. The standard InChI is InChI=1S/C20H20N2O5/c23-19(18-7-6-17(27-18)15-8-10-21-11-9-15)22-16(20(24)25)13-26-12-14-4-2-1-3-5-14/h1-6,8-11,16,18H,7,12-13H2,(H,22,23)(H,24,25)/t16-,18?/m0/s1. The van der Waals surface area contributed by atoms with Gasteiger partial charge in [-0.2, -0.15) is 0 Å². The van der Waals surface area contributed by atoms with Crippen molar-refractivity contribution in [3.8, 4) is 0 Å². The summed E-state index contributed by atoms with van der Waals surface area (Å²) >= 11 is 0. The second kappa shape index (κ2) is 8.95. The Labute approximate surface area is 156 Å². The number of carboxylic acid groups (broad SMARTS) is 1. The number of amides is 1. The molecule has 0 fully saturated rings. The third-order valence-electron chi connectivity index (χ3n) is 4.05. The molecule has 7 heteroatoms. The van der Waals surface area contributed by atoms with E-state index in [2.05, 4.69) is 10.3 Å². The quantitative estimate of drug-likeness (QED) is 0.740. The van der Waals surface area contributed by atoms with Crippen molar-refractivity contribution in [2.45, 2.75) is 25.2 Å². The van der Waals surface area contributed by atoms with Crippen LogP contribution in [0.3, 0.4) is 0 Å². The Kier molecular flexibility index (Phi) is 6.17. The molecule has 1 aliphatic heterocycles. The molecule has 2 heterocycles. The molecule has 0 saturated heterocycles. The number of ether oxygens (including phenoxy) is 2. The number of hydrogen-bond acceptors (Lipinski definition) is 5. The molecule has 2 aromatic rings. The summed E-state index contributed by atoms with van der Waals surface area (Å²) in [5.41, 5.74) is 1.75. The normalized spacial score (nSPS) is 16.9. The van der Waals surface area contributed by atoms with Crippen LogP contribution in [-0.4, -0.2) is 40.7 Å². The van der Waals surface area contributed by atoms with Gasteiger partial charge in [-0.05, 0) is 23.8 Å². The second-order valence-corrected chi connectivity index (χ2v) is 6.05. The van der Waals surface area contributed by atoms with E-state index in [0.717, 1.165) is 11.1 Å². The fraction of sp³-hybridized carbons (Fsp3) is 0.250. The maximum Gasteiger partial charge on any atom is 0.328 e. The molecule has 1 aliphatic rings. The SMILES string of the molecule is O=C(N[C@@H](COCc1ccccc1)C(=O)O)C1CC=C(c2ccncc2)O1. The van der Waals surface area contributed by atoms with E-state index in [9.17, 15) is 14.7 Å². The largest absolute Gasteiger partial charge is 0.480 e. The highest BCUT2D eigenvalue weighted by Gasteiger charge is 2.30. The Bertz CT molecular complexity index is 808. The number of nitrogens with one attached hydrogen (secondary N) is 1. The van der Waals surface area contributed by atoms with Crippen LogP contribution >= 0.6 is 0 Å². The molecule has 0 aliphatic carbocycles. The van der Waals surface area contributed by atoms with Crippen LogP contribution in [0.25, 0.3) is 5.76 Å². The first-order valence-electron chi connectivity index (χ1n) is 8.55. The van der Waals surface area contributed by atoms with Gasteiger partial charge in [0, 0.05) is 24.4 Å². The van der Waals surface area contributed by atoms with Crippen molar-refractivity contribution in [1.29, 1.82) is 0 Å². The van der Waals surface area contributed by atoms with E-state index in [4.69, 9.17) is 9.47 Å². The van der Waals surface area contributed by atoms with Crippen LogP contribution in [0, 0.1) is 0 Å². The van der Waals surface area contributed by atoms with E-state index in [0.29, 0.717) is 12.2 Å². The molecular formula is C20H20N2O5. The highest BCUT2D eigenvalue weighted by molar-refractivity contribution is 5.88. The molecule has 140 valence electrons. The zero-order valence-electron chi connectivity index (χ0n) is 14.6. The van der Waals surface area contributed by atoms with Crippen molar-refractivity contribution in [2.75, 3.05) is 6.61 Å². The van der Waals surface area contributed by atoms with Gasteiger partial charge in [-0.1, -0.05) is 30.3 Å². The zero-order chi connectivity index (χ0) is 19.1. The topological polar surface area (TPSA) is 97.8 Å². The maximum absolute atomic E-state index is 12.4. The average molecular weight is 368 g/mol. The summed E-state index contributed by atoms with van der Waals surface area (Å²) < 4.78 is 11.1. The summed E-state index contributed by atoms with van der Waals surface area (Å²) in [5, 5.41) is 11.8. The summed E-state index contributed by atoms with van der Waals surface area (Å²) in [4.78, 5) is 27.7. The van der Waals surface area contributed by atoms with Crippen LogP contribution in [0.5, 0.6) is 0 Å². The number of carbonyl (C=O) groups is 2. The smallest absolute Gasteiger partial charge is 0.328 e. The van der Waals surface area contributed by atoms with Crippen LogP contribution in [0.15, 0.2) is 60.9 Å². The van der Waals surface area contributed by atoms with Gasteiger partial charge >= 0.3 is 5.97 Å². The van der Waals surface area contributed by atoms with Crippen molar-refractivity contribution < 1.29 is 24.2 Å². The number of pyridine rings is 1. The number of hydrogen-bond donors (Lipinski definition) is 2. The summed E-state index contributed by atoms with van der Waals surface area (Å²) in [6.45, 7) is 0.140. The molecule has 0 spiro atoms. The molecule has 0 saturated carbocycles. The molecule has 0 radical (unpaired) electrons. The van der Waals surface area contributed by atoms with Gasteiger partial charge in [0.25, 0.3) is 5.91 Å². The molecule has 1 aromatic heterocycles. The molecule has 7 nitrogen and oxygen atoms in total. The number of aromatic nitrogens is 1. The third kappa shape index (κ3) is 5.15. The van der Waals surface area contributed by atoms with Gasteiger partial charge in [0.15, 0.2) is 12.1 Å². The summed E-state index contributed by atoms with van der Waals surface area (Å²) in [5.74, 6) is -1.05. The highest BCUT2D eigenvalue weighted by Crippen LogP contribution is 2.25. The van der Waals surface area contributed by atoms with Crippen molar-refractivity contribution in [3.63, 3.8) is 0 Å². The van der Waals surface area contributed by atoms with Gasteiger partial charge in [-0.3, -0.25) is 9.78 Å². The predicted molar refractivity (Wildman–Crippen MR) is 97.4 cm³/mol.